The van der Waals surface area contributed by atoms with E-state index in [1.165, 1.54) is 5.56 Å². The number of H-pyrrole nitrogens is 1. The van der Waals surface area contributed by atoms with Crippen LogP contribution in [0.5, 0.6) is 0 Å². The van der Waals surface area contributed by atoms with Gasteiger partial charge in [0.2, 0.25) is 0 Å². The van der Waals surface area contributed by atoms with Crippen molar-refractivity contribution < 1.29 is 0 Å². The van der Waals surface area contributed by atoms with Crippen molar-refractivity contribution in [3.05, 3.63) is 40.7 Å². The Labute approximate surface area is 135 Å². The molecule has 2 aromatic heterocycles. The summed E-state index contributed by atoms with van der Waals surface area (Å²) < 4.78 is 1.98. The molecular formula is C16H24N6O. The Morgan fingerprint density at radius 3 is 3.22 bits per heavy atom. The summed E-state index contributed by atoms with van der Waals surface area (Å²) in [7, 11) is 0. The number of anilines is 1. The molecule has 0 radical (unpaired) electrons. The van der Waals surface area contributed by atoms with Gasteiger partial charge in [0.25, 0.3) is 5.56 Å². The van der Waals surface area contributed by atoms with Crippen molar-refractivity contribution in [3.63, 3.8) is 0 Å². The molecule has 1 atom stereocenters. The number of rotatable bonds is 6. The Balaban J connectivity index is 1.56. The largest absolute Gasteiger partial charge is 0.350 e. The smallest absolute Gasteiger partial charge is 0.290 e. The molecule has 0 saturated carbocycles. The first-order valence-corrected chi connectivity index (χ1v) is 8.29. The number of nitrogens with one attached hydrogen (secondary N) is 2. The lowest BCUT2D eigenvalue weighted by Gasteiger charge is -2.33. The second-order valence-electron chi connectivity index (χ2n) is 6.02. The molecule has 7 nitrogen and oxygen atoms in total. The molecule has 1 fully saturated rings. The zero-order valence-electron chi connectivity index (χ0n) is 13.5. The minimum Gasteiger partial charge on any atom is -0.350 e. The Bertz CT molecular complexity index is 679. The first kappa shape index (κ1) is 15.7. The molecule has 7 heteroatoms. The SMILES string of the molecule is CCCn1cc(CN[C@H]2CCCN(c3ncc[nH]c3=O)C2)cn1. The van der Waals surface area contributed by atoms with Crippen LogP contribution in [0.3, 0.4) is 0 Å². The fourth-order valence-corrected chi connectivity index (χ4v) is 3.02. The second-order valence-corrected chi connectivity index (χ2v) is 6.02. The van der Waals surface area contributed by atoms with E-state index in [0.29, 0.717) is 11.9 Å². The average molecular weight is 316 g/mol. The molecular weight excluding hydrogens is 292 g/mol. The highest BCUT2D eigenvalue weighted by Gasteiger charge is 2.22. The van der Waals surface area contributed by atoms with Crippen LogP contribution < -0.4 is 15.8 Å². The topological polar surface area (TPSA) is 78.8 Å². The average Bonchev–Trinajstić information content (AvgIpc) is 3.02. The minimum absolute atomic E-state index is 0.117. The van der Waals surface area contributed by atoms with Crippen LogP contribution in [-0.4, -0.2) is 38.9 Å². The number of hydrogen-bond acceptors (Lipinski definition) is 5. The molecule has 0 aromatic carbocycles. The van der Waals surface area contributed by atoms with Gasteiger partial charge in [-0.25, -0.2) is 4.98 Å². The number of hydrogen-bond donors (Lipinski definition) is 2. The maximum absolute atomic E-state index is 11.9. The van der Waals surface area contributed by atoms with Crippen LogP contribution in [0.1, 0.15) is 31.7 Å². The van der Waals surface area contributed by atoms with Gasteiger partial charge < -0.3 is 15.2 Å². The van der Waals surface area contributed by atoms with Gasteiger partial charge in [-0.1, -0.05) is 6.92 Å². The molecule has 0 aliphatic carbocycles. The molecule has 1 aliphatic heterocycles. The molecule has 1 saturated heterocycles. The Hall–Kier alpha value is -2.15. The van der Waals surface area contributed by atoms with Crippen molar-refractivity contribution in [3.8, 4) is 0 Å². The first-order chi connectivity index (χ1) is 11.3. The summed E-state index contributed by atoms with van der Waals surface area (Å²) in [5.41, 5.74) is 1.08. The summed E-state index contributed by atoms with van der Waals surface area (Å²) in [4.78, 5) is 20.9. The lowest BCUT2D eigenvalue weighted by atomic mass is 10.1. The van der Waals surface area contributed by atoms with Gasteiger partial charge in [0.15, 0.2) is 5.82 Å². The van der Waals surface area contributed by atoms with E-state index >= 15 is 0 Å². The first-order valence-electron chi connectivity index (χ1n) is 8.29. The van der Waals surface area contributed by atoms with Crippen molar-refractivity contribution in [2.45, 2.75) is 45.3 Å². The van der Waals surface area contributed by atoms with E-state index in [-0.39, 0.29) is 5.56 Å². The van der Waals surface area contributed by atoms with Gasteiger partial charge in [-0.3, -0.25) is 9.48 Å². The number of piperidine rings is 1. The van der Waals surface area contributed by atoms with Gasteiger partial charge in [0, 0.05) is 56.4 Å². The molecule has 3 heterocycles. The van der Waals surface area contributed by atoms with E-state index in [0.717, 1.165) is 45.4 Å². The summed E-state index contributed by atoms with van der Waals surface area (Å²) in [5.74, 6) is 0.523. The summed E-state index contributed by atoms with van der Waals surface area (Å²) in [5, 5.41) is 7.93. The fraction of sp³-hybridized carbons (Fsp3) is 0.562. The number of nitrogens with zero attached hydrogens (tertiary/aromatic N) is 4. The van der Waals surface area contributed by atoms with Gasteiger partial charge in [0.1, 0.15) is 0 Å². The van der Waals surface area contributed by atoms with E-state index < -0.39 is 0 Å². The molecule has 1 aliphatic rings. The zero-order chi connectivity index (χ0) is 16.1. The third-order valence-electron chi connectivity index (χ3n) is 4.14. The van der Waals surface area contributed by atoms with Crippen LogP contribution in [0, 0.1) is 0 Å². The minimum atomic E-state index is -0.117. The van der Waals surface area contributed by atoms with E-state index in [9.17, 15) is 4.79 Å². The van der Waals surface area contributed by atoms with Gasteiger partial charge in [-0.2, -0.15) is 5.10 Å². The second kappa shape index (κ2) is 7.41. The summed E-state index contributed by atoms with van der Waals surface area (Å²) >= 11 is 0. The number of aromatic amines is 1. The molecule has 0 amide bonds. The molecule has 0 bridgehead atoms. The highest BCUT2D eigenvalue weighted by Crippen LogP contribution is 2.14. The van der Waals surface area contributed by atoms with Crippen LogP contribution in [0.2, 0.25) is 0 Å². The summed E-state index contributed by atoms with van der Waals surface area (Å²) in [6.45, 7) is 5.60. The maximum Gasteiger partial charge on any atom is 0.290 e. The summed E-state index contributed by atoms with van der Waals surface area (Å²) in [6, 6.07) is 0.361. The van der Waals surface area contributed by atoms with Crippen molar-refractivity contribution in [2.75, 3.05) is 18.0 Å². The lowest BCUT2D eigenvalue weighted by Crippen LogP contribution is -2.47. The van der Waals surface area contributed by atoms with Crippen molar-refractivity contribution in [2.24, 2.45) is 0 Å². The van der Waals surface area contributed by atoms with Gasteiger partial charge >= 0.3 is 0 Å². The maximum atomic E-state index is 11.9. The lowest BCUT2D eigenvalue weighted by molar-refractivity contribution is 0.419. The number of aromatic nitrogens is 4. The van der Waals surface area contributed by atoms with E-state index in [2.05, 4.69) is 38.4 Å². The van der Waals surface area contributed by atoms with Crippen molar-refractivity contribution in [1.82, 2.24) is 25.1 Å². The van der Waals surface area contributed by atoms with E-state index in [1.807, 2.05) is 10.9 Å². The predicted molar refractivity (Wildman–Crippen MR) is 89.5 cm³/mol. The normalized spacial score (nSPS) is 18.3. The monoisotopic (exact) mass is 316 g/mol. The van der Waals surface area contributed by atoms with Crippen molar-refractivity contribution in [1.29, 1.82) is 0 Å². The van der Waals surface area contributed by atoms with E-state index in [4.69, 9.17) is 0 Å². The van der Waals surface area contributed by atoms with Crippen LogP contribution in [-0.2, 0) is 13.1 Å². The molecule has 0 unspecified atom stereocenters. The Morgan fingerprint density at radius 2 is 2.39 bits per heavy atom. The van der Waals surface area contributed by atoms with Gasteiger partial charge in [0.05, 0.1) is 6.20 Å². The van der Waals surface area contributed by atoms with Crippen LogP contribution >= 0.6 is 0 Å². The Kier molecular flexibility index (Phi) is 5.07. The van der Waals surface area contributed by atoms with Gasteiger partial charge in [-0.15, -0.1) is 0 Å². The van der Waals surface area contributed by atoms with Crippen molar-refractivity contribution >= 4 is 5.82 Å². The molecule has 124 valence electrons. The third-order valence-corrected chi connectivity index (χ3v) is 4.14. The van der Waals surface area contributed by atoms with E-state index in [1.54, 1.807) is 12.4 Å². The molecule has 0 spiro atoms. The van der Waals surface area contributed by atoms with Crippen LogP contribution in [0.25, 0.3) is 0 Å². The molecule has 2 aromatic rings. The number of aryl methyl sites for hydroxylation is 1. The van der Waals surface area contributed by atoms with Crippen LogP contribution in [0.15, 0.2) is 29.6 Å². The fourth-order valence-electron chi connectivity index (χ4n) is 3.02. The zero-order valence-corrected chi connectivity index (χ0v) is 13.5. The Morgan fingerprint density at radius 1 is 1.48 bits per heavy atom. The molecule has 3 rings (SSSR count). The van der Waals surface area contributed by atoms with Gasteiger partial charge in [-0.05, 0) is 19.3 Å². The summed E-state index contributed by atoms with van der Waals surface area (Å²) in [6.07, 6.45) is 10.5. The standard InChI is InChI=1S/C16H24N6O/c1-2-7-22-11-13(10-20-22)9-19-14-4-3-8-21(12-14)15-16(23)18-6-5-17-15/h5-6,10-11,14,19H,2-4,7-9,12H2,1H3,(H,18,23)/t14-/m0/s1. The predicted octanol–water partition coefficient (Wildman–Crippen LogP) is 1.13. The van der Waals surface area contributed by atoms with Crippen LogP contribution in [0.4, 0.5) is 5.82 Å². The quantitative estimate of drug-likeness (QED) is 0.835. The highest BCUT2D eigenvalue weighted by molar-refractivity contribution is 5.36. The highest BCUT2D eigenvalue weighted by atomic mass is 16.1. The molecule has 2 N–H and O–H groups in total. The third kappa shape index (κ3) is 3.98. The molecule has 23 heavy (non-hydrogen) atoms.